The van der Waals surface area contributed by atoms with Gasteiger partial charge >= 0.3 is 5.97 Å². The van der Waals surface area contributed by atoms with E-state index in [-0.39, 0.29) is 17.5 Å². The van der Waals surface area contributed by atoms with Crippen molar-refractivity contribution >= 4 is 23.7 Å². The summed E-state index contributed by atoms with van der Waals surface area (Å²) in [6.07, 6.45) is 4.60. The van der Waals surface area contributed by atoms with E-state index < -0.39 is 29.6 Å². The smallest absolute Gasteiger partial charge is 0.316 e. The molecule has 7 heteroatoms. The maximum Gasteiger partial charge on any atom is 0.316 e. The second kappa shape index (κ2) is 12.3. The molecule has 2 rings (SSSR count). The monoisotopic (exact) mass is 424 g/mol. The number of nitrogens with zero attached hydrogens (tertiary/aromatic N) is 1. The quantitative estimate of drug-likeness (QED) is 0.259. The zero-order valence-corrected chi connectivity index (χ0v) is 17.6. The number of carbonyl (C=O) groups excluding carboxylic acids is 3. The van der Waals surface area contributed by atoms with Gasteiger partial charge in [-0.3, -0.25) is 24.6 Å². The van der Waals surface area contributed by atoms with Gasteiger partial charge in [-0.1, -0.05) is 75.4 Å². The number of aliphatic carboxylic acids is 1. The van der Waals surface area contributed by atoms with E-state index >= 15 is 0 Å². The Hall–Kier alpha value is -3.48. The Bertz CT molecular complexity index is 832. The first-order valence-electron chi connectivity index (χ1n) is 10.5. The zero-order valence-electron chi connectivity index (χ0n) is 17.6. The molecule has 164 valence electrons. The molecule has 0 spiro atoms. The fourth-order valence-corrected chi connectivity index (χ4v) is 3.12. The van der Waals surface area contributed by atoms with Crippen LogP contribution in [0.4, 0.5) is 0 Å². The third kappa shape index (κ3) is 7.06. The van der Waals surface area contributed by atoms with E-state index in [0.717, 1.165) is 25.7 Å². The normalized spacial score (nSPS) is 11.4. The maximum atomic E-state index is 13.0. The molecule has 0 saturated carbocycles. The third-order valence-corrected chi connectivity index (χ3v) is 4.88. The van der Waals surface area contributed by atoms with Gasteiger partial charge in [-0.15, -0.1) is 0 Å². The molecule has 1 unspecified atom stereocenters. The zero-order chi connectivity index (χ0) is 22.6. The summed E-state index contributed by atoms with van der Waals surface area (Å²) in [5, 5.41) is 10.1. The van der Waals surface area contributed by atoms with Gasteiger partial charge in [0.25, 0.3) is 17.7 Å². The number of hydrogen-bond acceptors (Lipinski definition) is 4. The van der Waals surface area contributed by atoms with Gasteiger partial charge in [0.05, 0.1) is 0 Å². The molecule has 31 heavy (non-hydrogen) atoms. The summed E-state index contributed by atoms with van der Waals surface area (Å²) in [5.74, 6) is -5.01. The van der Waals surface area contributed by atoms with Crippen LogP contribution in [0.15, 0.2) is 60.7 Å². The molecule has 1 atom stereocenters. The lowest BCUT2D eigenvalue weighted by molar-refractivity contribution is -0.148. The standard InChI is InChI=1S/C24H28N2O5/c1-2-3-4-5-12-17-20(24(30)31)21(27)25-26(22(28)18-13-8-6-9-14-18)23(29)19-15-10-7-11-16-19/h6-11,13-16,20H,2-5,12,17H2,1H3,(H,25,27)(H,30,31). The van der Waals surface area contributed by atoms with Gasteiger partial charge in [-0.25, -0.2) is 0 Å². The van der Waals surface area contributed by atoms with Crippen LogP contribution in [-0.2, 0) is 9.59 Å². The fraction of sp³-hybridized carbons (Fsp3) is 0.333. The second-order valence-corrected chi connectivity index (χ2v) is 7.25. The van der Waals surface area contributed by atoms with Gasteiger partial charge in [-0.05, 0) is 30.7 Å². The van der Waals surface area contributed by atoms with E-state index in [1.165, 1.54) is 24.3 Å². The maximum absolute atomic E-state index is 13.0. The Morgan fingerprint density at radius 3 is 1.74 bits per heavy atom. The first-order valence-corrected chi connectivity index (χ1v) is 10.5. The van der Waals surface area contributed by atoms with Crippen molar-refractivity contribution in [1.29, 1.82) is 0 Å². The van der Waals surface area contributed by atoms with Crippen molar-refractivity contribution in [2.24, 2.45) is 5.92 Å². The van der Waals surface area contributed by atoms with Crippen LogP contribution >= 0.6 is 0 Å². The summed E-state index contributed by atoms with van der Waals surface area (Å²) in [5.41, 5.74) is 2.65. The van der Waals surface area contributed by atoms with Crippen LogP contribution in [0.3, 0.4) is 0 Å². The molecule has 0 aromatic heterocycles. The minimum atomic E-state index is -1.35. The highest BCUT2D eigenvalue weighted by Gasteiger charge is 2.32. The molecule has 0 radical (unpaired) electrons. The number of carboxylic acids is 1. The molecule has 0 heterocycles. The van der Waals surface area contributed by atoms with Crippen molar-refractivity contribution in [3.63, 3.8) is 0 Å². The summed E-state index contributed by atoms with van der Waals surface area (Å²) in [6, 6.07) is 16.0. The van der Waals surface area contributed by atoms with Crippen LogP contribution in [-0.4, -0.2) is 33.8 Å². The number of unbranched alkanes of at least 4 members (excludes halogenated alkanes) is 4. The molecular weight excluding hydrogens is 396 g/mol. The van der Waals surface area contributed by atoms with E-state index in [1.807, 2.05) is 0 Å². The number of hydrazine groups is 1. The van der Waals surface area contributed by atoms with Crippen molar-refractivity contribution in [3.05, 3.63) is 71.8 Å². The lowest BCUT2D eigenvalue weighted by Crippen LogP contribution is -2.52. The van der Waals surface area contributed by atoms with Gasteiger partial charge in [0, 0.05) is 11.1 Å². The van der Waals surface area contributed by atoms with Crippen LogP contribution in [0.2, 0.25) is 0 Å². The predicted octanol–water partition coefficient (Wildman–Crippen LogP) is 4.06. The molecular formula is C24H28N2O5. The Balaban J connectivity index is 2.20. The minimum absolute atomic E-state index is 0.137. The van der Waals surface area contributed by atoms with Crippen molar-refractivity contribution in [2.45, 2.75) is 45.4 Å². The highest BCUT2D eigenvalue weighted by atomic mass is 16.4. The Kier molecular flexibility index (Phi) is 9.42. The SMILES string of the molecule is CCCCCCCC(C(=O)O)C(=O)NN(C(=O)c1ccccc1)C(=O)c1ccccc1. The van der Waals surface area contributed by atoms with E-state index in [4.69, 9.17) is 0 Å². The highest BCUT2D eigenvalue weighted by molar-refractivity contribution is 6.11. The van der Waals surface area contributed by atoms with Gasteiger partial charge in [0.2, 0.25) is 0 Å². The number of imide groups is 1. The largest absolute Gasteiger partial charge is 0.481 e. The van der Waals surface area contributed by atoms with Crippen LogP contribution < -0.4 is 5.43 Å². The van der Waals surface area contributed by atoms with Crippen molar-refractivity contribution in [2.75, 3.05) is 0 Å². The third-order valence-electron chi connectivity index (χ3n) is 4.88. The predicted molar refractivity (Wildman–Crippen MR) is 116 cm³/mol. The second-order valence-electron chi connectivity index (χ2n) is 7.25. The van der Waals surface area contributed by atoms with E-state index in [0.29, 0.717) is 11.4 Å². The number of amides is 3. The number of rotatable bonds is 10. The summed E-state index contributed by atoms with van der Waals surface area (Å²) in [6.45, 7) is 2.08. The Morgan fingerprint density at radius 2 is 1.29 bits per heavy atom. The molecule has 0 saturated heterocycles. The summed E-state index contributed by atoms with van der Waals surface area (Å²) >= 11 is 0. The van der Waals surface area contributed by atoms with Gasteiger partial charge in [0.15, 0.2) is 0 Å². The van der Waals surface area contributed by atoms with Gasteiger partial charge in [-0.2, -0.15) is 5.01 Å². The van der Waals surface area contributed by atoms with Gasteiger partial charge < -0.3 is 5.11 Å². The molecule has 0 aliphatic rings. The average molecular weight is 424 g/mol. The molecule has 0 bridgehead atoms. The average Bonchev–Trinajstić information content (AvgIpc) is 2.79. The molecule has 3 amide bonds. The lowest BCUT2D eigenvalue weighted by Gasteiger charge is -2.23. The van der Waals surface area contributed by atoms with Gasteiger partial charge in [0.1, 0.15) is 5.92 Å². The first-order chi connectivity index (χ1) is 15.0. The Labute approximate surface area is 182 Å². The number of carboxylic acid groups (broad SMARTS) is 1. The summed E-state index contributed by atoms with van der Waals surface area (Å²) < 4.78 is 0. The van der Waals surface area contributed by atoms with Crippen molar-refractivity contribution in [1.82, 2.24) is 10.4 Å². The number of carbonyl (C=O) groups is 4. The van der Waals surface area contributed by atoms with Crippen LogP contribution in [0.5, 0.6) is 0 Å². The fourth-order valence-electron chi connectivity index (χ4n) is 3.12. The molecule has 2 aromatic rings. The Morgan fingerprint density at radius 1 is 0.806 bits per heavy atom. The lowest BCUT2D eigenvalue weighted by atomic mass is 10.00. The molecule has 7 nitrogen and oxygen atoms in total. The van der Waals surface area contributed by atoms with Crippen molar-refractivity contribution < 1.29 is 24.3 Å². The molecule has 0 aliphatic carbocycles. The van der Waals surface area contributed by atoms with Crippen LogP contribution in [0, 0.1) is 5.92 Å². The topological polar surface area (TPSA) is 104 Å². The molecule has 0 fully saturated rings. The molecule has 2 N–H and O–H groups in total. The van der Waals surface area contributed by atoms with E-state index in [2.05, 4.69) is 12.3 Å². The number of benzene rings is 2. The number of hydrogen-bond donors (Lipinski definition) is 2. The molecule has 2 aromatic carbocycles. The van der Waals surface area contributed by atoms with Crippen molar-refractivity contribution in [3.8, 4) is 0 Å². The molecule has 0 aliphatic heterocycles. The number of nitrogens with one attached hydrogen (secondary N) is 1. The minimum Gasteiger partial charge on any atom is -0.481 e. The van der Waals surface area contributed by atoms with Crippen LogP contribution in [0.1, 0.15) is 66.2 Å². The van der Waals surface area contributed by atoms with Crippen LogP contribution in [0.25, 0.3) is 0 Å². The first kappa shape index (κ1) is 23.8. The highest BCUT2D eigenvalue weighted by Crippen LogP contribution is 2.14. The summed E-state index contributed by atoms with van der Waals surface area (Å²) in [4.78, 5) is 50.3. The summed E-state index contributed by atoms with van der Waals surface area (Å²) in [7, 11) is 0. The van der Waals surface area contributed by atoms with E-state index in [1.54, 1.807) is 36.4 Å². The van der Waals surface area contributed by atoms with E-state index in [9.17, 15) is 24.3 Å².